The van der Waals surface area contributed by atoms with Gasteiger partial charge in [-0.15, -0.1) is 6.58 Å². The molecule has 2 aliphatic rings. The zero-order chi connectivity index (χ0) is 15.3. The Morgan fingerprint density at radius 1 is 1.19 bits per heavy atom. The van der Waals surface area contributed by atoms with Crippen LogP contribution in [0.1, 0.15) is 25.7 Å². The average molecular weight is 316 g/mol. The summed E-state index contributed by atoms with van der Waals surface area (Å²) in [6.07, 6.45) is 5.38. The predicted molar refractivity (Wildman–Crippen MR) is 85.1 cm³/mol. The van der Waals surface area contributed by atoms with E-state index in [4.69, 9.17) is 0 Å². The van der Waals surface area contributed by atoms with E-state index in [9.17, 15) is 13.5 Å². The molecule has 0 spiro atoms. The molecule has 5 nitrogen and oxygen atoms in total. The highest BCUT2D eigenvalue weighted by molar-refractivity contribution is 7.91. The molecule has 122 valence electrons. The summed E-state index contributed by atoms with van der Waals surface area (Å²) < 4.78 is 22.9. The molecule has 0 radical (unpaired) electrons. The van der Waals surface area contributed by atoms with Crippen molar-refractivity contribution in [3.8, 4) is 0 Å². The number of aliphatic hydroxyl groups excluding tert-OH is 1. The molecule has 0 bridgehead atoms. The molecular weight excluding hydrogens is 288 g/mol. The number of piperidine rings is 1. The number of β-amino-alcohol motifs (C(OH)–C–C–N with tert-alkyl or cyclic N) is 1. The monoisotopic (exact) mass is 316 g/mol. The number of likely N-dealkylation sites (tertiary alicyclic amines) is 1. The zero-order valence-electron chi connectivity index (χ0n) is 12.8. The topological polar surface area (TPSA) is 60.9 Å². The molecule has 1 N–H and O–H groups in total. The van der Waals surface area contributed by atoms with E-state index in [2.05, 4.69) is 16.4 Å². The summed E-state index contributed by atoms with van der Waals surface area (Å²) in [4.78, 5) is 4.66. The van der Waals surface area contributed by atoms with Gasteiger partial charge >= 0.3 is 0 Å². The van der Waals surface area contributed by atoms with Crippen LogP contribution < -0.4 is 0 Å². The average Bonchev–Trinajstić information content (AvgIpc) is 2.46. The van der Waals surface area contributed by atoms with Crippen LogP contribution in [0.25, 0.3) is 0 Å². The van der Waals surface area contributed by atoms with Crippen LogP contribution in [0.4, 0.5) is 0 Å². The van der Waals surface area contributed by atoms with Gasteiger partial charge in [0.1, 0.15) is 0 Å². The smallest absolute Gasteiger partial charge is 0.152 e. The molecule has 0 aromatic carbocycles. The molecule has 0 aromatic rings. The Morgan fingerprint density at radius 3 is 2.38 bits per heavy atom. The second-order valence-electron chi connectivity index (χ2n) is 6.24. The molecule has 2 heterocycles. The largest absolute Gasteiger partial charge is 0.392 e. The normalized spacial score (nSPS) is 26.5. The number of hydrogen-bond acceptors (Lipinski definition) is 5. The van der Waals surface area contributed by atoms with Crippen molar-refractivity contribution < 1.29 is 13.5 Å². The first kappa shape index (κ1) is 16.9. The summed E-state index contributed by atoms with van der Waals surface area (Å²) in [5.41, 5.74) is 0. The highest BCUT2D eigenvalue weighted by atomic mass is 32.2. The van der Waals surface area contributed by atoms with Crippen LogP contribution in [0.5, 0.6) is 0 Å². The molecule has 21 heavy (non-hydrogen) atoms. The predicted octanol–water partition coefficient (Wildman–Crippen LogP) is 0.508. The molecule has 0 saturated carbocycles. The Balaban J connectivity index is 1.70. The first-order valence-electron chi connectivity index (χ1n) is 7.96. The summed E-state index contributed by atoms with van der Waals surface area (Å²) in [6.45, 7) is 7.80. The second kappa shape index (κ2) is 7.72. The van der Waals surface area contributed by atoms with Gasteiger partial charge in [-0.25, -0.2) is 8.42 Å². The Kier molecular flexibility index (Phi) is 6.22. The van der Waals surface area contributed by atoms with E-state index in [1.165, 1.54) is 0 Å². The molecule has 6 heteroatoms. The number of allylic oxidation sites excluding steroid dienone is 1. The summed E-state index contributed by atoms with van der Waals surface area (Å²) in [6, 6.07) is 0.516. The fourth-order valence-corrected chi connectivity index (χ4v) is 4.49. The molecule has 0 aliphatic carbocycles. The lowest BCUT2D eigenvalue weighted by Gasteiger charge is -2.40. The first-order chi connectivity index (χ1) is 10.00. The number of sulfone groups is 1. The van der Waals surface area contributed by atoms with Gasteiger partial charge in [0.15, 0.2) is 9.84 Å². The molecule has 2 saturated heterocycles. The van der Waals surface area contributed by atoms with Crippen molar-refractivity contribution in [2.45, 2.75) is 37.8 Å². The van der Waals surface area contributed by atoms with Crippen molar-refractivity contribution in [2.24, 2.45) is 0 Å². The lowest BCUT2D eigenvalue weighted by molar-refractivity contribution is 0.0666. The van der Waals surface area contributed by atoms with Gasteiger partial charge in [0.2, 0.25) is 0 Å². The molecule has 2 fully saturated rings. The third kappa shape index (κ3) is 5.36. The van der Waals surface area contributed by atoms with Gasteiger partial charge in [-0.05, 0) is 38.8 Å². The van der Waals surface area contributed by atoms with Gasteiger partial charge in [-0.1, -0.05) is 6.08 Å². The highest BCUT2D eigenvalue weighted by Gasteiger charge is 2.29. The van der Waals surface area contributed by atoms with E-state index >= 15 is 0 Å². The van der Waals surface area contributed by atoms with Crippen molar-refractivity contribution >= 4 is 9.84 Å². The zero-order valence-corrected chi connectivity index (χ0v) is 13.6. The standard InChI is InChI=1S/C15H28N2O3S/c1-2-3-4-15(18)13-16-7-5-14(6-8-16)17-9-11-21(19,20)12-10-17/h2,14-15,18H,1,3-13H2/t15-/m1/s1. The van der Waals surface area contributed by atoms with Gasteiger partial charge in [0.25, 0.3) is 0 Å². The summed E-state index contributed by atoms with van der Waals surface area (Å²) >= 11 is 0. The lowest BCUT2D eigenvalue weighted by Crippen LogP contribution is -2.51. The van der Waals surface area contributed by atoms with E-state index in [-0.39, 0.29) is 6.10 Å². The maximum Gasteiger partial charge on any atom is 0.152 e. The van der Waals surface area contributed by atoms with Crippen LogP contribution >= 0.6 is 0 Å². The summed E-state index contributed by atoms with van der Waals surface area (Å²) in [5.74, 6) is 0.626. The SMILES string of the molecule is C=CCC[C@@H](O)CN1CCC(N2CCS(=O)(=O)CC2)CC1. The lowest BCUT2D eigenvalue weighted by atomic mass is 10.0. The molecule has 2 rings (SSSR count). The Labute approximate surface area is 128 Å². The molecule has 2 aliphatic heterocycles. The van der Waals surface area contributed by atoms with Crippen LogP contribution in [-0.2, 0) is 9.84 Å². The van der Waals surface area contributed by atoms with Crippen LogP contribution in [0.15, 0.2) is 12.7 Å². The minimum absolute atomic E-state index is 0.264. The van der Waals surface area contributed by atoms with E-state index in [0.717, 1.165) is 45.3 Å². The number of hydrogen-bond donors (Lipinski definition) is 1. The van der Waals surface area contributed by atoms with Crippen molar-refractivity contribution in [2.75, 3.05) is 44.2 Å². The Morgan fingerprint density at radius 2 is 1.81 bits per heavy atom. The summed E-state index contributed by atoms with van der Waals surface area (Å²) in [7, 11) is -2.78. The third-order valence-corrected chi connectivity index (χ3v) is 6.23. The van der Waals surface area contributed by atoms with Crippen molar-refractivity contribution in [1.82, 2.24) is 9.80 Å². The fraction of sp³-hybridized carbons (Fsp3) is 0.867. The van der Waals surface area contributed by atoms with E-state index < -0.39 is 9.84 Å². The maximum absolute atomic E-state index is 11.5. The second-order valence-corrected chi connectivity index (χ2v) is 8.54. The number of rotatable bonds is 6. The van der Waals surface area contributed by atoms with Crippen molar-refractivity contribution in [1.29, 1.82) is 0 Å². The van der Waals surface area contributed by atoms with Gasteiger partial charge in [-0.2, -0.15) is 0 Å². The Bertz CT molecular complexity index is 416. The van der Waals surface area contributed by atoms with Gasteiger partial charge in [0, 0.05) is 25.7 Å². The van der Waals surface area contributed by atoms with E-state index in [1.54, 1.807) is 0 Å². The minimum atomic E-state index is -2.78. The quantitative estimate of drug-likeness (QED) is 0.724. The molecule has 0 unspecified atom stereocenters. The van der Waals surface area contributed by atoms with E-state index in [0.29, 0.717) is 30.6 Å². The summed E-state index contributed by atoms with van der Waals surface area (Å²) in [5, 5.41) is 9.94. The first-order valence-corrected chi connectivity index (χ1v) is 9.78. The third-order valence-electron chi connectivity index (χ3n) is 4.63. The van der Waals surface area contributed by atoms with Gasteiger partial charge in [-0.3, -0.25) is 4.90 Å². The van der Waals surface area contributed by atoms with E-state index in [1.807, 2.05) is 6.08 Å². The maximum atomic E-state index is 11.5. The van der Waals surface area contributed by atoms with Crippen molar-refractivity contribution in [3.63, 3.8) is 0 Å². The van der Waals surface area contributed by atoms with Crippen LogP contribution in [0, 0.1) is 0 Å². The minimum Gasteiger partial charge on any atom is -0.392 e. The van der Waals surface area contributed by atoms with Crippen LogP contribution in [0.3, 0.4) is 0 Å². The Hall–Kier alpha value is -0.430. The molecule has 1 atom stereocenters. The highest BCUT2D eigenvalue weighted by Crippen LogP contribution is 2.19. The van der Waals surface area contributed by atoms with Crippen LogP contribution in [-0.4, -0.2) is 79.7 Å². The van der Waals surface area contributed by atoms with Crippen LogP contribution in [0.2, 0.25) is 0 Å². The number of aliphatic hydroxyl groups is 1. The number of nitrogens with zero attached hydrogens (tertiary/aromatic N) is 2. The van der Waals surface area contributed by atoms with Gasteiger partial charge in [0.05, 0.1) is 17.6 Å². The molecule has 0 aromatic heterocycles. The van der Waals surface area contributed by atoms with Gasteiger partial charge < -0.3 is 10.0 Å². The van der Waals surface area contributed by atoms with Crippen molar-refractivity contribution in [3.05, 3.63) is 12.7 Å². The molecular formula is C15H28N2O3S. The fourth-order valence-electron chi connectivity index (χ4n) is 3.26. The molecule has 0 amide bonds.